The zero-order chi connectivity index (χ0) is 15.1. The smallest absolute Gasteiger partial charge is 0.0622 e. The van der Waals surface area contributed by atoms with Gasteiger partial charge >= 0.3 is 0 Å². The maximum atomic E-state index is 8.20. The lowest BCUT2D eigenvalue weighted by molar-refractivity contribution is 0.590. The molecule has 0 atom stereocenters. The van der Waals surface area contributed by atoms with Gasteiger partial charge in [0.05, 0.1) is 5.48 Å². The Hall–Kier alpha value is -1.56. The maximum absolute atomic E-state index is 8.20. The second-order valence-corrected chi connectivity index (χ2v) is 4.87. The van der Waals surface area contributed by atoms with Crippen LogP contribution >= 0.6 is 0 Å². The van der Waals surface area contributed by atoms with Crippen molar-refractivity contribution in [1.82, 2.24) is 0 Å². The fourth-order valence-electron chi connectivity index (χ4n) is 1.44. The SMILES string of the molecule is [2H]c1c([2H])c(C(C)(C)C)c([2H])c([2H])c1-c1ccccc1. The van der Waals surface area contributed by atoms with Gasteiger partial charge in [-0.05, 0) is 22.1 Å². The van der Waals surface area contributed by atoms with Gasteiger partial charge in [0.25, 0.3) is 0 Å². The first-order valence-corrected chi connectivity index (χ1v) is 5.41. The van der Waals surface area contributed by atoms with E-state index >= 15 is 0 Å². The van der Waals surface area contributed by atoms with Crippen molar-refractivity contribution >= 4 is 0 Å². The van der Waals surface area contributed by atoms with Crippen LogP contribution in [0.4, 0.5) is 0 Å². The molecule has 2 aromatic carbocycles. The van der Waals surface area contributed by atoms with E-state index in [0.717, 1.165) is 0 Å². The Morgan fingerprint density at radius 1 is 0.812 bits per heavy atom. The van der Waals surface area contributed by atoms with E-state index in [4.69, 9.17) is 5.48 Å². The summed E-state index contributed by atoms with van der Waals surface area (Å²) in [6, 6.07) is 9.31. The Morgan fingerprint density at radius 3 is 1.88 bits per heavy atom. The average Bonchev–Trinajstić information content (AvgIpc) is 2.37. The highest BCUT2D eigenvalue weighted by molar-refractivity contribution is 5.63. The van der Waals surface area contributed by atoms with Crippen LogP contribution in [0.1, 0.15) is 31.8 Å². The third-order valence-corrected chi connectivity index (χ3v) is 2.44. The Kier molecular flexibility index (Phi) is 1.78. The first-order valence-electron chi connectivity index (χ1n) is 7.41. The van der Waals surface area contributed by atoms with Crippen LogP contribution in [0.5, 0.6) is 0 Å². The lowest BCUT2D eigenvalue weighted by Crippen LogP contribution is -2.10. The molecule has 0 heteroatoms. The van der Waals surface area contributed by atoms with Gasteiger partial charge in [-0.15, -0.1) is 0 Å². The van der Waals surface area contributed by atoms with Gasteiger partial charge < -0.3 is 0 Å². The monoisotopic (exact) mass is 214 g/mol. The summed E-state index contributed by atoms with van der Waals surface area (Å²) in [6.07, 6.45) is 0. The second-order valence-electron chi connectivity index (χ2n) is 4.87. The van der Waals surface area contributed by atoms with Gasteiger partial charge in [-0.25, -0.2) is 0 Å². The average molecular weight is 214 g/mol. The molecule has 0 unspecified atom stereocenters. The highest BCUT2D eigenvalue weighted by Crippen LogP contribution is 2.25. The molecule has 0 aliphatic rings. The van der Waals surface area contributed by atoms with E-state index in [1.54, 1.807) is 12.1 Å². The number of hydrogen-bond acceptors (Lipinski definition) is 0. The van der Waals surface area contributed by atoms with Gasteiger partial charge in [0.1, 0.15) is 0 Å². The van der Waals surface area contributed by atoms with Crippen LogP contribution in [0.2, 0.25) is 0 Å². The molecule has 0 saturated heterocycles. The van der Waals surface area contributed by atoms with Crippen molar-refractivity contribution in [3.8, 4) is 11.1 Å². The molecular weight excluding hydrogens is 192 g/mol. The molecule has 0 saturated carbocycles. The van der Waals surface area contributed by atoms with E-state index in [1.807, 2.05) is 39.0 Å². The van der Waals surface area contributed by atoms with E-state index in [0.29, 0.717) is 16.7 Å². The minimum absolute atomic E-state index is 0.0297. The van der Waals surface area contributed by atoms with Crippen LogP contribution in [0, 0.1) is 0 Å². The zero-order valence-corrected chi connectivity index (χ0v) is 9.89. The van der Waals surface area contributed by atoms with Crippen molar-refractivity contribution in [2.75, 3.05) is 0 Å². The van der Waals surface area contributed by atoms with Gasteiger partial charge in [-0.1, -0.05) is 75.3 Å². The predicted octanol–water partition coefficient (Wildman–Crippen LogP) is 4.65. The molecule has 82 valence electrons. The van der Waals surface area contributed by atoms with Crippen molar-refractivity contribution in [1.29, 1.82) is 0 Å². The molecule has 0 amide bonds. The normalized spacial score (nSPS) is 14.9. The number of rotatable bonds is 1. The van der Waals surface area contributed by atoms with Crippen molar-refractivity contribution in [3.05, 3.63) is 60.1 Å². The summed E-state index contributed by atoms with van der Waals surface area (Å²) < 4.78 is 32.8. The standard InChI is InChI=1S/C16H18/c1-16(2,3)15-11-9-14(10-12-15)13-7-5-4-6-8-13/h4-12H,1-3H3/i9D,10D,11D,12D. The van der Waals surface area contributed by atoms with Gasteiger partial charge in [0.2, 0.25) is 0 Å². The Morgan fingerprint density at radius 2 is 1.38 bits per heavy atom. The molecule has 2 rings (SSSR count). The van der Waals surface area contributed by atoms with Gasteiger partial charge in [0.15, 0.2) is 0 Å². The molecule has 0 heterocycles. The molecule has 16 heavy (non-hydrogen) atoms. The van der Waals surface area contributed by atoms with E-state index in [9.17, 15) is 0 Å². The molecule has 0 bridgehead atoms. The van der Waals surface area contributed by atoms with E-state index in [2.05, 4.69) is 0 Å². The molecule has 0 nitrogen and oxygen atoms in total. The van der Waals surface area contributed by atoms with Crippen molar-refractivity contribution < 1.29 is 5.48 Å². The highest BCUT2D eigenvalue weighted by atomic mass is 14.2. The van der Waals surface area contributed by atoms with Crippen molar-refractivity contribution in [2.24, 2.45) is 0 Å². The minimum Gasteiger partial charge on any atom is -0.0622 e. The minimum atomic E-state index is -0.422. The second kappa shape index (κ2) is 4.13. The molecule has 0 aliphatic carbocycles. The van der Waals surface area contributed by atoms with Gasteiger partial charge in [-0.3, -0.25) is 0 Å². The third-order valence-electron chi connectivity index (χ3n) is 2.44. The molecule has 0 spiro atoms. The lowest BCUT2D eigenvalue weighted by atomic mass is 9.86. The molecule has 0 radical (unpaired) electrons. The summed E-state index contributed by atoms with van der Waals surface area (Å²) in [6.45, 7) is 5.71. The molecule has 2 aromatic rings. The maximum Gasteiger partial charge on any atom is 0.0629 e. The van der Waals surface area contributed by atoms with Crippen LogP contribution in [0.15, 0.2) is 54.5 Å². The van der Waals surface area contributed by atoms with Crippen LogP contribution < -0.4 is 0 Å². The van der Waals surface area contributed by atoms with Crippen LogP contribution in [-0.4, -0.2) is 0 Å². The van der Waals surface area contributed by atoms with Crippen molar-refractivity contribution in [3.63, 3.8) is 0 Å². The van der Waals surface area contributed by atoms with E-state index in [-0.39, 0.29) is 24.2 Å². The first-order chi connectivity index (χ1) is 9.25. The lowest BCUT2D eigenvalue weighted by Gasteiger charge is -2.19. The Bertz CT molecular complexity index is 611. The number of hydrogen-bond donors (Lipinski definition) is 0. The fraction of sp³-hybridized carbons (Fsp3) is 0.250. The zero-order valence-electron chi connectivity index (χ0n) is 13.9. The Balaban J connectivity index is 2.82. The number of benzene rings is 2. The summed E-state index contributed by atoms with van der Waals surface area (Å²) in [5.41, 5.74) is 1.13. The summed E-state index contributed by atoms with van der Waals surface area (Å²) in [4.78, 5) is 0. The quantitative estimate of drug-likeness (QED) is 0.648. The van der Waals surface area contributed by atoms with Crippen LogP contribution in [0.25, 0.3) is 11.1 Å². The fourth-order valence-corrected chi connectivity index (χ4v) is 1.44. The summed E-state index contributed by atoms with van der Waals surface area (Å²) in [5, 5.41) is 0. The van der Waals surface area contributed by atoms with Gasteiger partial charge in [0, 0.05) is 0 Å². The van der Waals surface area contributed by atoms with Crippen molar-refractivity contribution in [2.45, 2.75) is 26.2 Å². The molecular formula is C16H18. The Labute approximate surface area is 104 Å². The summed E-state index contributed by atoms with van der Waals surface area (Å²) >= 11 is 0. The first kappa shape index (κ1) is 6.90. The largest absolute Gasteiger partial charge is 0.0629 e. The van der Waals surface area contributed by atoms with Gasteiger partial charge in [-0.2, -0.15) is 0 Å². The molecule has 0 aliphatic heterocycles. The van der Waals surface area contributed by atoms with Crippen LogP contribution in [-0.2, 0) is 5.41 Å². The van der Waals surface area contributed by atoms with E-state index in [1.165, 1.54) is 0 Å². The highest BCUT2D eigenvalue weighted by Gasteiger charge is 2.12. The molecule has 0 N–H and O–H groups in total. The summed E-state index contributed by atoms with van der Waals surface area (Å²) in [7, 11) is 0. The predicted molar refractivity (Wildman–Crippen MR) is 70.6 cm³/mol. The molecule has 0 fully saturated rings. The van der Waals surface area contributed by atoms with Crippen LogP contribution in [0.3, 0.4) is 0 Å². The topological polar surface area (TPSA) is 0 Å². The summed E-state index contributed by atoms with van der Waals surface area (Å²) in [5.74, 6) is 0. The molecule has 0 aromatic heterocycles. The van der Waals surface area contributed by atoms with E-state index < -0.39 is 5.41 Å². The third kappa shape index (κ3) is 2.33.